The average molecular weight is 425 g/mol. The SMILES string of the molecule is CCNC(=NCc1nncn1CC)NCC1CCN(S(=O)(=O)C(F)(F)F)CC1. The van der Waals surface area contributed by atoms with Gasteiger partial charge in [-0.1, -0.05) is 0 Å². The minimum absolute atomic E-state index is 0.0582. The molecule has 0 radical (unpaired) electrons. The predicted octanol–water partition coefficient (Wildman–Crippen LogP) is 0.915. The van der Waals surface area contributed by atoms with Gasteiger partial charge in [0.25, 0.3) is 0 Å². The van der Waals surface area contributed by atoms with Gasteiger partial charge >= 0.3 is 15.5 Å². The van der Waals surface area contributed by atoms with Crippen molar-refractivity contribution in [2.75, 3.05) is 26.2 Å². The van der Waals surface area contributed by atoms with Crippen LogP contribution in [0.2, 0.25) is 0 Å². The zero-order valence-corrected chi connectivity index (χ0v) is 16.7. The lowest BCUT2D eigenvalue weighted by atomic mass is 9.98. The number of guanidine groups is 1. The Hall–Kier alpha value is -1.89. The Kier molecular flexibility index (Phi) is 7.63. The van der Waals surface area contributed by atoms with Gasteiger partial charge < -0.3 is 15.2 Å². The zero-order chi connectivity index (χ0) is 20.8. The van der Waals surface area contributed by atoms with Gasteiger partial charge in [-0.05, 0) is 32.6 Å². The molecule has 0 atom stereocenters. The molecule has 28 heavy (non-hydrogen) atoms. The Morgan fingerprint density at radius 1 is 1.29 bits per heavy atom. The van der Waals surface area contributed by atoms with Gasteiger partial charge in [-0.2, -0.15) is 17.5 Å². The van der Waals surface area contributed by atoms with Crippen LogP contribution in [0.3, 0.4) is 0 Å². The number of nitrogens with one attached hydrogen (secondary N) is 2. The molecule has 0 saturated carbocycles. The lowest BCUT2D eigenvalue weighted by Gasteiger charge is -2.31. The fourth-order valence-electron chi connectivity index (χ4n) is 2.90. The van der Waals surface area contributed by atoms with E-state index in [1.165, 1.54) is 0 Å². The molecule has 0 bridgehead atoms. The van der Waals surface area contributed by atoms with E-state index in [0.29, 0.717) is 42.7 Å². The van der Waals surface area contributed by atoms with E-state index in [9.17, 15) is 21.6 Å². The number of nitrogens with zero attached hydrogens (tertiary/aromatic N) is 5. The summed E-state index contributed by atoms with van der Waals surface area (Å²) in [7, 11) is -5.24. The molecule has 2 heterocycles. The zero-order valence-electron chi connectivity index (χ0n) is 15.9. The quantitative estimate of drug-likeness (QED) is 0.497. The molecule has 0 amide bonds. The first-order valence-corrected chi connectivity index (χ1v) is 10.6. The molecule has 1 saturated heterocycles. The van der Waals surface area contributed by atoms with Crippen molar-refractivity contribution < 1.29 is 21.6 Å². The van der Waals surface area contributed by atoms with Crippen LogP contribution in [0.4, 0.5) is 13.2 Å². The maximum absolute atomic E-state index is 12.6. The Bertz CT molecular complexity index is 756. The fraction of sp³-hybridized carbons (Fsp3) is 0.800. The number of sulfonamides is 1. The maximum atomic E-state index is 12.6. The molecular weight excluding hydrogens is 399 g/mol. The van der Waals surface area contributed by atoms with E-state index in [1.807, 2.05) is 18.4 Å². The minimum atomic E-state index is -5.25. The number of halogens is 3. The molecule has 0 aliphatic carbocycles. The third kappa shape index (κ3) is 5.56. The van der Waals surface area contributed by atoms with E-state index in [-0.39, 0.29) is 19.0 Å². The second kappa shape index (κ2) is 9.54. The van der Waals surface area contributed by atoms with E-state index < -0.39 is 15.5 Å². The van der Waals surface area contributed by atoms with Crippen LogP contribution in [0.5, 0.6) is 0 Å². The molecule has 2 rings (SSSR count). The Morgan fingerprint density at radius 2 is 1.96 bits per heavy atom. The summed E-state index contributed by atoms with van der Waals surface area (Å²) in [6.07, 6.45) is 2.34. The molecule has 0 spiro atoms. The first kappa shape index (κ1) is 22.4. The summed E-state index contributed by atoms with van der Waals surface area (Å²) in [6.45, 7) is 5.84. The largest absolute Gasteiger partial charge is 0.511 e. The van der Waals surface area contributed by atoms with Crippen molar-refractivity contribution >= 4 is 16.0 Å². The number of hydrogen-bond donors (Lipinski definition) is 2. The highest BCUT2D eigenvalue weighted by atomic mass is 32.2. The van der Waals surface area contributed by atoms with Crippen molar-refractivity contribution in [3.63, 3.8) is 0 Å². The first-order chi connectivity index (χ1) is 13.2. The van der Waals surface area contributed by atoms with Gasteiger partial charge in [0, 0.05) is 32.7 Å². The smallest absolute Gasteiger partial charge is 0.357 e. The van der Waals surface area contributed by atoms with Crippen molar-refractivity contribution in [2.24, 2.45) is 10.9 Å². The van der Waals surface area contributed by atoms with Crippen LogP contribution >= 0.6 is 0 Å². The number of rotatable bonds is 7. The summed E-state index contributed by atoms with van der Waals surface area (Å²) >= 11 is 0. The van der Waals surface area contributed by atoms with Crippen LogP contribution in [0.25, 0.3) is 0 Å². The van der Waals surface area contributed by atoms with Gasteiger partial charge in [-0.25, -0.2) is 13.4 Å². The van der Waals surface area contributed by atoms with Gasteiger partial charge in [0.15, 0.2) is 11.8 Å². The third-order valence-corrected chi connectivity index (χ3v) is 6.15. The number of aliphatic imine (C=N–C) groups is 1. The molecule has 1 aliphatic heterocycles. The lowest BCUT2D eigenvalue weighted by molar-refractivity contribution is -0.0496. The summed E-state index contributed by atoms with van der Waals surface area (Å²) in [4.78, 5) is 4.45. The summed E-state index contributed by atoms with van der Waals surface area (Å²) < 4.78 is 63.2. The molecule has 1 aliphatic rings. The normalized spacial score (nSPS) is 17.7. The molecule has 2 N–H and O–H groups in total. The highest BCUT2D eigenvalue weighted by Gasteiger charge is 2.50. The Balaban J connectivity index is 1.87. The molecule has 1 fully saturated rings. The summed E-state index contributed by atoms with van der Waals surface area (Å²) in [5.74, 6) is 1.35. The third-order valence-electron chi connectivity index (χ3n) is 4.52. The van der Waals surface area contributed by atoms with Crippen LogP contribution in [0.15, 0.2) is 11.3 Å². The van der Waals surface area contributed by atoms with Crippen LogP contribution < -0.4 is 10.6 Å². The topological polar surface area (TPSA) is 105 Å². The molecule has 1 aromatic rings. The number of aromatic nitrogens is 3. The Labute approximate surface area is 162 Å². The van der Waals surface area contributed by atoms with Gasteiger partial charge in [0.2, 0.25) is 0 Å². The van der Waals surface area contributed by atoms with Crippen LogP contribution in [-0.2, 0) is 23.1 Å². The molecule has 1 aromatic heterocycles. The van der Waals surface area contributed by atoms with Gasteiger partial charge in [-0.15, -0.1) is 10.2 Å². The minimum Gasteiger partial charge on any atom is -0.357 e. The molecule has 9 nitrogen and oxygen atoms in total. The van der Waals surface area contributed by atoms with Crippen molar-refractivity contribution in [1.29, 1.82) is 0 Å². The van der Waals surface area contributed by atoms with Crippen LogP contribution in [-0.4, -0.2) is 65.1 Å². The molecule has 0 unspecified atom stereocenters. The highest BCUT2D eigenvalue weighted by Crippen LogP contribution is 2.30. The van der Waals surface area contributed by atoms with Crippen molar-refractivity contribution in [3.8, 4) is 0 Å². The number of aryl methyl sites for hydroxylation is 1. The van der Waals surface area contributed by atoms with Gasteiger partial charge in [0.1, 0.15) is 12.9 Å². The predicted molar refractivity (Wildman–Crippen MR) is 97.8 cm³/mol. The van der Waals surface area contributed by atoms with Gasteiger partial charge in [0.05, 0.1) is 0 Å². The van der Waals surface area contributed by atoms with Gasteiger partial charge in [-0.3, -0.25) is 0 Å². The Morgan fingerprint density at radius 3 is 2.54 bits per heavy atom. The first-order valence-electron chi connectivity index (χ1n) is 9.14. The standard InChI is InChI=1S/C15H26F3N7O2S/c1-3-19-14(21-10-13-23-22-11-24(13)4-2)20-9-12-5-7-25(8-6-12)28(26,27)15(16,17)18/h11-12H,3-10H2,1-2H3,(H2,19,20,21). The lowest BCUT2D eigenvalue weighted by Crippen LogP contribution is -2.47. The fourth-order valence-corrected chi connectivity index (χ4v) is 3.88. The monoisotopic (exact) mass is 425 g/mol. The van der Waals surface area contributed by atoms with E-state index in [0.717, 1.165) is 12.4 Å². The number of piperidine rings is 1. The maximum Gasteiger partial charge on any atom is 0.511 e. The van der Waals surface area contributed by atoms with E-state index in [4.69, 9.17) is 0 Å². The van der Waals surface area contributed by atoms with Crippen molar-refractivity contribution in [1.82, 2.24) is 29.7 Å². The molecule has 0 aromatic carbocycles. The van der Waals surface area contributed by atoms with E-state index in [1.54, 1.807) is 6.33 Å². The average Bonchev–Trinajstić information content (AvgIpc) is 3.11. The van der Waals surface area contributed by atoms with E-state index >= 15 is 0 Å². The van der Waals surface area contributed by atoms with Crippen LogP contribution in [0.1, 0.15) is 32.5 Å². The summed E-state index contributed by atoms with van der Waals surface area (Å²) in [6, 6.07) is 0. The van der Waals surface area contributed by atoms with Crippen LogP contribution in [0, 0.1) is 5.92 Å². The van der Waals surface area contributed by atoms with Crippen molar-refractivity contribution in [2.45, 2.75) is 45.3 Å². The summed E-state index contributed by atoms with van der Waals surface area (Å²) in [5.41, 5.74) is -5.25. The second-order valence-electron chi connectivity index (χ2n) is 6.40. The molecule has 160 valence electrons. The molecular formula is C15H26F3N7O2S. The van der Waals surface area contributed by atoms with E-state index in [2.05, 4.69) is 25.8 Å². The number of alkyl halides is 3. The second-order valence-corrected chi connectivity index (χ2v) is 8.33. The number of hydrogen-bond acceptors (Lipinski definition) is 5. The molecule has 13 heteroatoms. The highest BCUT2D eigenvalue weighted by molar-refractivity contribution is 7.90. The van der Waals surface area contributed by atoms with Crippen molar-refractivity contribution in [3.05, 3.63) is 12.2 Å². The summed E-state index contributed by atoms with van der Waals surface area (Å²) in [5, 5.41) is 14.1.